The first-order chi connectivity index (χ1) is 6.94. The van der Waals surface area contributed by atoms with Gasteiger partial charge in [-0.25, -0.2) is 0 Å². The van der Waals surface area contributed by atoms with Crippen LogP contribution in [0.2, 0.25) is 0 Å². The van der Waals surface area contributed by atoms with Crippen LogP contribution in [0.15, 0.2) is 0 Å². The third kappa shape index (κ3) is 3.78. The fraction of sp³-hybridized carbons (Fsp3) is 0.917. The van der Waals surface area contributed by atoms with E-state index >= 15 is 0 Å². The number of hydrogen-bond acceptors (Lipinski definition) is 1. The highest BCUT2D eigenvalue weighted by Crippen LogP contribution is 2.28. The SMILES string of the molecule is CC(C)C(Br)C(=O)NC1(C)CCCCC1. The molecule has 1 aliphatic rings. The monoisotopic (exact) mass is 275 g/mol. The van der Waals surface area contributed by atoms with Gasteiger partial charge in [0.15, 0.2) is 0 Å². The fourth-order valence-electron chi connectivity index (χ4n) is 2.13. The van der Waals surface area contributed by atoms with Gasteiger partial charge in [0, 0.05) is 5.54 Å². The highest BCUT2D eigenvalue weighted by Gasteiger charge is 2.30. The molecule has 3 heteroatoms. The maximum absolute atomic E-state index is 11.9. The van der Waals surface area contributed by atoms with Crippen LogP contribution in [0, 0.1) is 5.92 Å². The Morgan fingerprint density at radius 1 is 1.27 bits per heavy atom. The molecule has 0 aromatic carbocycles. The zero-order chi connectivity index (χ0) is 11.5. The van der Waals surface area contributed by atoms with Crippen molar-refractivity contribution in [1.29, 1.82) is 0 Å². The number of carbonyl (C=O) groups is 1. The van der Waals surface area contributed by atoms with Crippen LogP contribution in [0.3, 0.4) is 0 Å². The number of carbonyl (C=O) groups excluding carboxylic acids is 1. The second-order valence-electron chi connectivity index (χ2n) is 5.26. The predicted molar refractivity (Wildman–Crippen MR) is 67.2 cm³/mol. The average molecular weight is 276 g/mol. The van der Waals surface area contributed by atoms with Gasteiger partial charge < -0.3 is 5.32 Å². The maximum Gasteiger partial charge on any atom is 0.234 e. The van der Waals surface area contributed by atoms with E-state index in [1.165, 1.54) is 19.3 Å². The molecule has 0 aromatic heterocycles. The van der Waals surface area contributed by atoms with E-state index in [0.717, 1.165) is 12.8 Å². The predicted octanol–water partition coefficient (Wildman–Crippen LogP) is 3.24. The Morgan fingerprint density at radius 3 is 2.27 bits per heavy atom. The molecular weight excluding hydrogens is 254 g/mol. The molecule has 1 aliphatic carbocycles. The van der Waals surface area contributed by atoms with E-state index in [4.69, 9.17) is 0 Å². The molecule has 1 rings (SSSR count). The Labute approximate surface area is 101 Å². The van der Waals surface area contributed by atoms with Crippen molar-refractivity contribution in [2.75, 3.05) is 0 Å². The van der Waals surface area contributed by atoms with Gasteiger partial charge in [-0.05, 0) is 25.7 Å². The fourth-order valence-corrected chi connectivity index (χ4v) is 2.24. The molecule has 0 bridgehead atoms. The van der Waals surface area contributed by atoms with Crippen LogP contribution in [0.4, 0.5) is 0 Å². The number of hydrogen-bond donors (Lipinski definition) is 1. The summed E-state index contributed by atoms with van der Waals surface area (Å²) in [5.41, 5.74) is 0.0379. The van der Waals surface area contributed by atoms with E-state index in [0.29, 0.717) is 5.92 Å². The van der Waals surface area contributed by atoms with Gasteiger partial charge in [0.2, 0.25) is 5.91 Å². The summed E-state index contributed by atoms with van der Waals surface area (Å²) in [6.07, 6.45) is 6.04. The van der Waals surface area contributed by atoms with Gasteiger partial charge >= 0.3 is 0 Å². The molecule has 0 spiro atoms. The van der Waals surface area contributed by atoms with Crippen molar-refractivity contribution in [3.8, 4) is 0 Å². The third-order valence-corrected chi connectivity index (χ3v) is 4.69. The van der Waals surface area contributed by atoms with Crippen molar-refractivity contribution in [2.45, 2.75) is 63.2 Å². The Morgan fingerprint density at radius 2 is 1.80 bits per heavy atom. The number of rotatable bonds is 3. The molecule has 0 aromatic rings. The topological polar surface area (TPSA) is 29.1 Å². The minimum Gasteiger partial charge on any atom is -0.350 e. The van der Waals surface area contributed by atoms with Gasteiger partial charge in [-0.2, -0.15) is 0 Å². The van der Waals surface area contributed by atoms with Crippen LogP contribution in [0.1, 0.15) is 52.9 Å². The molecule has 1 unspecified atom stereocenters. The first-order valence-corrected chi connectivity index (χ1v) is 6.82. The van der Waals surface area contributed by atoms with Crippen LogP contribution < -0.4 is 5.32 Å². The van der Waals surface area contributed by atoms with Crippen molar-refractivity contribution in [3.05, 3.63) is 0 Å². The van der Waals surface area contributed by atoms with Crippen molar-refractivity contribution >= 4 is 21.8 Å². The van der Waals surface area contributed by atoms with E-state index < -0.39 is 0 Å². The number of amides is 1. The summed E-state index contributed by atoms with van der Waals surface area (Å²) in [7, 11) is 0. The second kappa shape index (κ2) is 5.33. The molecule has 1 saturated carbocycles. The Kier molecular flexibility index (Phi) is 4.63. The van der Waals surface area contributed by atoms with Gasteiger partial charge in [-0.3, -0.25) is 4.79 Å². The lowest BCUT2D eigenvalue weighted by atomic mass is 9.83. The van der Waals surface area contributed by atoms with Crippen LogP contribution in [-0.4, -0.2) is 16.3 Å². The summed E-state index contributed by atoms with van der Waals surface area (Å²) in [4.78, 5) is 11.8. The van der Waals surface area contributed by atoms with Crippen LogP contribution >= 0.6 is 15.9 Å². The first kappa shape index (κ1) is 13.0. The number of alkyl halides is 1. The summed E-state index contributed by atoms with van der Waals surface area (Å²) in [5, 5.41) is 3.19. The number of halogens is 1. The zero-order valence-corrected chi connectivity index (χ0v) is 11.6. The van der Waals surface area contributed by atoms with Crippen molar-refractivity contribution in [2.24, 2.45) is 5.92 Å². The van der Waals surface area contributed by atoms with Gasteiger partial charge in [-0.1, -0.05) is 49.0 Å². The Balaban J connectivity index is 2.49. The quantitative estimate of drug-likeness (QED) is 0.788. The lowest BCUT2D eigenvalue weighted by molar-refractivity contribution is -0.123. The molecule has 0 heterocycles. The molecule has 2 nitrogen and oxygen atoms in total. The first-order valence-electron chi connectivity index (χ1n) is 5.91. The van der Waals surface area contributed by atoms with E-state index in [2.05, 4.69) is 42.0 Å². The molecular formula is C12H22BrNO. The molecule has 1 N–H and O–H groups in total. The summed E-state index contributed by atoms with van der Waals surface area (Å²) in [6, 6.07) is 0. The summed E-state index contributed by atoms with van der Waals surface area (Å²) >= 11 is 3.45. The molecule has 0 aliphatic heterocycles. The maximum atomic E-state index is 11.9. The average Bonchev–Trinajstić information content (AvgIpc) is 2.16. The Hall–Kier alpha value is -0.0500. The molecule has 0 radical (unpaired) electrons. The summed E-state index contributed by atoms with van der Waals surface area (Å²) < 4.78 is 0. The van der Waals surface area contributed by atoms with Gasteiger partial charge in [0.05, 0.1) is 4.83 Å². The zero-order valence-electron chi connectivity index (χ0n) is 9.98. The lowest BCUT2D eigenvalue weighted by Crippen LogP contribution is -2.50. The van der Waals surface area contributed by atoms with E-state index in [9.17, 15) is 4.79 Å². The Bertz CT molecular complexity index is 222. The largest absolute Gasteiger partial charge is 0.350 e. The molecule has 1 fully saturated rings. The van der Waals surface area contributed by atoms with E-state index in [-0.39, 0.29) is 16.3 Å². The minimum atomic E-state index is -0.0590. The smallest absolute Gasteiger partial charge is 0.234 e. The van der Waals surface area contributed by atoms with Gasteiger partial charge in [0.25, 0.3) is 0 Å². The van der Waals surface area contributed by atoms with Crippen molar-refractivity contribution < 1.29 is 4.79 Å². The van der Waals surface area contributed by atoms with Crippen LogP contribution in [-0.2, 0) is 4.79 Å². The minimum absolute atomic E-state index is 0.0379. The molecule has 15 heavy (non-hydrogen) atoms. The van der Waals surface area contributed by atoms with Crippen LogP contribution in [0.25, 0.3) is 0 Å². The highest BCUT2D eigenvalue weighted by atomic mass is 79.9. The molecule has 1 atom stereocenters. The highest BCUT2D eigenvalue weighted by molar-refractivity contribution is 9.10. The normalized spacial score (nSPS) is 22.5. The second-order valence-corrected chi connectivity index (χ2v) is 6.24. The third-order valence-electron chi connectivity index (χ3n) is 3.22. The van der Waals surface area contributed by atoms with Gasteiger partial charge in [0.1, 0.15) is 0 Å². The molecule has 0 saturated heterocycles. The van der Waals surface area contributed by atoms with Gasteiger partial charge in [-0.15, -0.1) is 0 Å². The standard InChI is InChI=1S/C12H22BrNO/c1-9(2)10(13)11(15)14-12(3)7-5-4-6-8-12/h9-10H,4-8H2,1-3H3,(H,14,15). The van der Waals surface area contributed by atoms with E-state index in [1.54, 1.807) is 0 Å². The lowest BCUT2D eigenvalue weighted by Gasteiger charge is -2.35. The van der Waals surface area contributed by atoms with Crippen LogP contribution in [0.5, 0.6) is 0 Å². The number of nitrogens with one attached hydrogen (secondary N) is 1. The van der Waals surface area contributed by atoms with E-state index in [1.807, 2.05) is 0 Å². The molecule has 88 valence electrons. The summed E-state index contributed by atoms with van der Waals surface area (Å²) in [6.45, 7) is 6.29. The van der Waals surface area contributed by atoms with Crippen molar-refractivity contribution in [1.82, 2.24) is 5.32 Å². The molecule has 1 amide bonds. The summed E-state index contributed by atoms with van der Waals surface area (Å²) in [5.74, 6) is 0.492. The van der Waals surface area contributed by atoms with Crippen molar-refractivity contribution in [3.63, 3.8) is 0 Å².